The van der Waals surface area contributed by atoms with Gasteiger partial charge in [0.15, 0.2) is 0 Å². The number of nitrogen functional groups attached to an aromatic ring is 1. The number of nitrogens with zero attached hydrogens (tertiary/aromatic N) is 1. The van der Waals surface area contributed by atoms with E-state index in [0.717, 1.165) is 9.87 Å². The fourth-order valence-electron chi connectivity index (χ4n) is 2.32. The fourth-order valence-corrected chi connectivity index (χ4v) is 4.01. The fraction of sp³-hybridized carbons (Fsp3) is 0.235. The highest BCUT2D eigenvalue weighted by Gasteiger charge is 2.34. The van der Waals surface area contributed by atoms with Gasteiger partial charge in [0, 0.05) is 6.54 Å². The van der Waals surface area contributed by atoms with Crippen LogP contribution in [0.2, 0.25) is 0 Å². The van der Waals surface area contributed by atoms with Gasteiger partial charge in [-0.2, -0.15) is 4.31 Å². The minimum absolute atomic E-state index is 0.0308. The summed E-state index contributed by atoms with van der Waals surface area (Å²) in [5.41, 5.74) is 6.71. The summed E-state index contributed by atoms with van der Waals surface area (Å²) in [6.07, 6.45) is 0. The molecule has 2 N–H and O–H groups in total. The normalized spacial score (nSPS) is 12.8. The maximum Gasteiger partial charge on any atom is 0.323 e. The lowest BCUT2D eigenvalue weighted by molar-refractivity contribution is -0.144. The van der Waals surface area contributed by atoms with E-state index in [9.17, 15) is 13.2 Å². The summed E-state index contributed by atoms with van der Waals surface area (Å²) in [7, 11) is -2.75. The Bertz CT molecular complexity index is 806. The molecule has 6 nitrogen and oxygen atoms in total. The van der Waals surface area contributed by atoms with Crippen LogP contribution in [-0.2, 0) is 26.1 Å². The predicted molar refractivity (Wildman–Crippen MR) is 91.5 cm³/mol. The number of anilines is 1. The summed E-state index contributed by atoms with van der Waals surface area (Å²) >= 11 is 0. The van der Waals surface area contributed by atoms with Crippen molar-refractivity contribution in [3.63, 3.8) is 0 Å². The van der Waals surface area contributed by atoms with E-state index in [-0.39, 0.29) is 17.1 Å². The van der Waals surface area contributed by atoms with Crippen molar-refractivity contribution in [2.45, 2.75) is 24.4 Å². The first-order valence-corrected chi connectivity index (χ1v) is 8.80. The lowest BCUT2D eigenvalue weighted by Crippen LogP contribution is -2.43. The Kier molecular flexibility index (Phi) is 5.58. The molecule has 0 aliphatic heterocycles. The van der Waals surface area contributed by atoms with Gasteiger partial charge in [-0.1, -0.05) is 42.5 Å². The van der Waals surface area contributed by atoms with Crippen LogP contribution in [0.5, 0.6) is 0 Å². The number of ether oxygens (including phenoxy) is 1. The van der Waals surface area contributed by atoms with Crippen molar-refractivity contribution in [2.75, 3.05) is 12.8 Å². The van der Waals surface area contributed by atoms with Crippen molar-refractivity contribution in [1.82, 2.24) is 4.31 Å². The number of carbonyl (C=O) groups excluding carboxylic acids is 1. The molecule has 0 bridgehead atoms. The predicted octanol–water partition coefficient (Wildman–Crippen LogP) is 2.02. The summed E-state index contributed by atoms with van der Waals surface area (Å²) in [6, 6.07) is 14.2. The maximum absolute atomic E-state index is 13.1. The summed E-state index contributed by atoms with van der Waals surface area (Å²) in [4.78, 5) is 11.9. The molecule has 0 aromatic heterocycles. The highest BCUT2D eigenvalue weighted by atomic mass is 32.2. The van der Waals surface area contributed by atoms with Crippen LogP contribution in [0.1, 0.15) is 12.5 Å². The first-order chi connectivity index (χ1) is 11.4. The van der Waals surface area contributed by atoms with Crippen molar-refractivity contribution in [2.24, 2.45) is 0 Å². The van der Waals surface area contributed by atoms with Crippen LogP contribution in [0.3, 0.4) is 0 Å². The van der Waals surface area contributed by atoms with Gasteiger partial charge in [-0.05, 0) is 24.6 Å². The maximum atomic E-state index is 13.1. The van der Waals surface area contributed by atoms with Crippen LogP contribution in [-0.4, -0.2) is 31.8 Å². The number of nitrogens with two attached hydrogens (primary N) is 1. The largest absolute Gasteiger partial charge is 0.468 e. The van der Waals surface area contributed by atoms with Crippen molar-refractivity contribution < 1.29 is 17.9 Å². The molecule has 0 radical (unpaired) electrons. The molecule has 0 heterocycles. The van der Waals surface area contributed by atoms with E-state index in [4.69, 9.17) is 10.5 Å². The van der Waals surface area contributed by atoms with Gasteiger partial charge in [-0.3, -0.25) is 4.79 Å². The third-order valence-corrected chi connectivity index (χ3v) is 5.65. The highest BCUT2D eigenvalue weighted by molar-refractivity contribution is 7.89. The third kappa shape index (κ3) is 3.74. The van der Waals surface area contributed by atoms with E-state index < -0.39 is 22.0 Å². The van der Waals surface area contributed by atoms with E-state index in [1.165, 1.54) is 26.2 Å². The van der Waals surface area contributed by atoms with Gasteiger partial charge in [0.25, 0.3) is 0 Å². The molecule has 0 saturated carbocycles. The molecule has 128 valence electrons. The molecule has 2 rings (SSSR count). The van der Waals surface area contributed by atoms with Gasteiger partial charge in [0.1, 0.15) is 10.9 Å². The quantitative estimate of drug-likeness (QED) is 0.637. The number of methoxy groups -OCH3 is 1. The average Bonchev–Trinajstić information content (AvgIpc) is 2.59. The van der Waals surface area contributed by atoms with Crippen molar-refractivity contribution in [1.29, 1.82) is 0 Å². The molecule has 0 aliphatic carbocycles. The molecule has 24 heavy (non-hydrogen) atoms. The van der Waals surface area contributed by atoms with E-state index in [0.29, 0.717) is 0 Å². The topological polar surface area (TPSA) is 89.7 Å². The second kappa shape index (κ2) is 7.46. The van der Waals surface area contributed by atoms with Crippen molar-refractivity contribution in [3.8, 4) is 0 Å². The monoisotopic (exact) mass is 348 g/mol. The van der Waals surface area contributed by atoms with Crippen LogP contribution in [0, 0.1) is 0 Å². The number of hydrogen-bond donors (Lipinski definition) is 1. The Morgan fingerprint density at radius 2 is 1.71 bits per heavy atom. The average molecular weight is 348 g/mol. The first kappa shape index (κ1) is 18.0. The van der Waals surface area contributed by atoms with Gasteiger partial charge >= 0.3 is 5.97 Å². The zero-order valence-electron chi connectivity index (χ0n) is 13.5. The Morgan fingerprint density at radius 3 is 2.29 bits per heavy atom. The second-order valence-corrected chi connectivity index (χ2v) is 7.13. The zero-order chi connectivity index (χ0) is 17.7. The Hall–Kier alpha value is -2.38. The van der Waals surface area contributed by atoms with Crippen LogP contribution in [0.4, 0.5) is 5.69 Å². The Labute approximate surface area is 141 Å². The molecule has 0 amide bonds. The third-order valence-electron chi connectivity index (χ3n) is 3.66. The summed E-state index contributed by atoms with van der Waals surface area (Å²) in [5.74, 6) is -0.635. The molecular formula is C17H20N2O4S. The number of benzene rings is 2. The van der Waals surface area contributed by atoms with Gasteiger partial charge < -0.3 is 10.5 Å². The molecule has 7 heteroatoms. The number of rotatable bonds is 6. The lowest BCUT2D eigenvalue weighted by atomic mass is 10.2. The van der Waals surface area contributed by atoms with Crippen LogP contribution in [0.25, 0.3) is 0 Å². The minimum Gasteiger partial charge on any atom is -0.468 e. The Morgan fingerprint density at radius 1 is 1.12 bits per heavy atom. The first-order valence-electron chi connectivity index (χ1n) is 7.36. The number of hydrogen-bond acceptors (Lipinski definition) is 5. The highest BCUT2D eigenvalue weighted by Crippen LogP contribution is 2.25. The van der Waals surface area contributed by atoms with E-state index in [2.05, 4.69) is 0 Å². The molecule has 1 unspecified atom stereocenters. The number of esters is 1. The molecule has 0 saturated heterocycles. The molecule has 2 aromatic carbocycles. The van der Waals surface area contributed by atoms with Crippen LogP contribution in [0.15, 0.2) is 59.5 Å². The van der Waals surface area contributed by atoms with Gasteiger partial charge in [0.05, 0.1) is 12.8 Å². The van der Waals surface area contributed by atoms with Crippen LogP contribution < -0.4 is 5.73 Å². The van der Waals surface area contributed by atoms with E-state index >= 15 is 0 Å². The molecule has 1 atom stereocenters. The van der Waals surface area contributed by atoms with E-state index in [1.807, 2.05) is 6.07 Å². The SMILES string of the molecule is COC(=O)C(C)N(Cc1ccccc1)S(=O)(=O)c1ccccc1N. The lowest BCUT2D eigenvalue weighted by Gasteiger charge is -2.27. The van der Waals surface area contributed by atoms with Gasteiger partial charge in [-0.25, -0.2) is 8.42 Å². The second-order valence-electron chi connectivity index (χ2n) is 5.27. The van der Waals surface area contributed by atoms with Crippen molar-refractivity contribution >= 4 is 21.7 Å². The zero-order valence-corrected chi connectivity index (χ0v) is 14.4. The number of carbonyl (C=O) groups is 1. The number of sulfonamides is 1. The Balaban J connectivity index is 2.49. The summed E-state index contributed by atoms with van der Waals surface area (Å²) in [5, 5.41) is 0. The summed E-state index contributed by atoms with van der Waals surface area (Å²) in [6.45, 7) is 1.53. The molecule has 0 aliphatic rings. The summed E-state index contributed by atoms with van der Waals surface area (Å²) < 4.78 is 31.9. The molecule has 0 spiro atoms. The van der Waals surface area contributed by atoms with Gasteiger partial charge in [0.2, 0.25) is 10.0 Å². The van der Waals surface area contributed by atoms with Gasteiger partial charge in [-0.15, -0.1) is 0 Å². The minimum atomic E-state index is -3.98. The smallest absolute Gasteiger partial charge is 0.323 e. The van der Waals surface area contributed by atoms with Crippen molar-refractivity contribution in [3.05, 3.63) is 60.2 Å². The standard InChI is InChI=1S/C17H20N2O4S/c1-13(17(20)23-2)19(12-14-8-4-3-5-9-14)24(21,22)16-11-7-6-10-15(16)18/h3-11,13H,12,18H2,1-2H3. The van der Waals surface area contributed by atoms with Crippen LogP contribution >= 0.6 is 0 Å². The number of para-hydroxylation sites is 1. The molecule has 2 aromatic rings. The van der Waals surface area contributed by atoms with E-state index in [1.54, 1.807) is 36.4 Å². The molecule has 0 fully saturated rings. The molecular weight excluding hydrogens is 328 g/mol.